The van der Waals surface area contributed by atoms with Gasteiger partial charge >= 0.3 is 0 Å². The number of carbonyl (C=O) groups is 2. The minimum atomic E-state index is -3.82. The van der Waals surface area contributed by atoms with Crippen LogP contribution in [0.15, 0.2) is 41.3 Å². The van der Waals surface area contributed by atoms with E-state index in [1.54, 1.807) is 50.2 Å². The van der Waals surface area contributed by atoms with Crippen molar-refractivity contribution in [2.75, 3.05) is 17.2 Å². The Morgan fingerprint density at radius 3 is 2.04 bits per heavy atom. The van der Waals surface area contributed by atoms with E-state index in [-0.39, 0.29) is 10.8 Å². The summed E-state index contributed by atoms with van der Waals surface area (Å²) in [5.41, 5.74) is 3.22. The number of carbonyl (C=O) groups excluding carboxylic acids is 2. The Kier molecular flexibility index (Phi) is 6.35. The van der Waals surface area contributed by atoms with Gasteiger partial charge in [-0.1, -0.05) is 23.8 Å². The number of hydrogen-bond donors (Lipinski definition) is 3. The van der Waals surface area contributed by atoms with Crippen molar-refractivity contribution in [2.24, 2.45) is 0 Å². The van der Waals surface area contributed by atoms with E-state index in [1.165, 1.54) is 6.92 Å². The molecule has 2 aromatic carbocycles. The van der Waals surface area contributed by atoms with Gasteiger partial charge in [-0.3, -0.25) is 9.59 Å². The maximum atomic E-state index is 12.6. The van der Waals surface area contributed by atoms with Gasteiger partial charge in [0.05, 0.1) is 11.4 Å². The Labute approximate surface area is 159 Å². The van der Waals surface area contributed by atoms with Crippen LogP contribution in [-0.2, 0) is 19.6 Å². The van der Waals surface area contributed by atoms with Crippen molar-refractivity contribution in [3.05, 3.63) is 53.1 Å². The van der Waals surface area contributed by atoms with Crippen LogP contribution in [0.25, 0.3) is 0 Å². The molecular formula is C19H23N3O4S. The minimum absolute atomic E-state index is 0.188. The third-order valence-corrected chi connectivity index (χ3v) is 5.47. The molecule has 0 saturated heterocycles. The third-order valence-electron chi connectivity index (χ3n) is 3.76. The van der Waals surface area contributed by atoms with Gasteiger partial charge in [0.2, 0.25) is 21.8 Å². The lowest BCUT2D eigenvalue weighted by Crippen LogP contribution is -2.33. The van der Waals surface area contributed by atoms with Crippen molar-refractivity contribution in [3.63, 3.8) is 0 Å². The molecule has 7 nitrogen and oxygen atoms in total. The first kappa shape index (κ1) is 20.6. The van der Waals surface area contributed by atoms with E-state index in [0.717, 1.165) is 5.56 Å². The molecule has 2 aromatic rings. The average Bonchev–Trinajstić information content (AvgIpc) is 2.51. The highest BCUT2D eigenvalue weighted by Crippen LogP contribution is 2.21. The fraction of sp³-hybridized carbons (Fsp3) is 0.263. The predicted octanol–water partition coefficient (Wildman–Crippen LogP) is 2.49. The molecule has 0 heterocycles. The van der Waals surface area contributed by atoms with Crippen LogP contribution in [-0.4, -0.2) is 26.8 Å². The van der Waals surface area contributed by atoms with Crippen molar-refractivity contribution in [1.29, 1.82) is 0 Å². The topological polar surface area (TPSA) is 104 Å². The zero-order chi connectivity index (χ0) is 20.2. The Morgan fingerprint density at radius 1 is 0.926 bits per heavy atom. The molecule has 0 bridgehead atoms. The molecule has 0 aliphatic carbocycles. The van der Waals surface area contributed by atoms with Gasteiger partial charge in [-0.05, 0) is 50.1 Å². The fourth-order valence-electron chi connectivity index (χ4n) is 2.91. The summed E-state index contributed by atoms with van der Waals surface area (Å²) in [6.07, 6.45) is 0. The summed E-state index contributed by atoms with van der Waals surface area (Å²) in [4.78, 5) is 23.4. The van der Waals surface area contributed by atoms with Crippen molar-refractivity contribution < 1.29 is 18.0 Å². The Hall–Kier alpha value is -2.71. The van der Waals surface area contributed by atoms with Gasteiger partial charge in [0, 0.05) is 18.3 Å². The predicted molar refractivity (Wildman–Crippen MR) is 105 cm³/mol. The number of rotatable bonds is 6. The van der Waals surface area contributed by atoms with Crippen LogP contribution in [0.1, 0.15) is 23.6 Å². The highest BCUT2D eigenvalue weighted by atomic mass is 32.2. The lowest BCUT2D eigenvalue weighted by molar-refractivity contribution is -0.115. The van der Waals surface area contributed by atoms with Gasteiger partial charge < -0.3 is 10.6 Å². The minimum Gasteiger partial charge on any atom is -0.326 e. The number of nitrogens with one attached hydrogen (secondary N) is 3. The Bertz CT molecular complexity index is 961. The lowest BCUT2D eigenvalue weighted by Gasteiger charge is -2.13. The summed E-state index contributed by atoms with van der Waals surface area (Å²) >= 11 is 0. The second-order valence-corrected chi connectivity index (χ2v) is 8.07. The van der Waals surface area contributed by atoms with Crippen LogP contribution in [0.5, 0.6) is 0 Å². The molecule has 27 heavy (non-hydrogen) atoms. The summed E-state index contributed by atoms with van der Waals surface area (Å²) in [6, 6.07) is 10.2. The number of amides is 2. The average molecular weight is 389 g/mol. The van der Waals surface area contributed by atoms with E-state index in [2.05, 4.69) is 15.4 Å². The first-order valence-corrected chi connectivity index (χ1v) is 9.82. The van der Waals surface area contributed by atoms with Gasteiger partial charge in [-0.25, -0.2) is 13.1 Å². The molecule has 2 amide bonds. The summed E-state index contributed by atoms with van der Waals surface area (Å²) in [5, 5.41) is 5.21. The summed E-state index contributed by atoms with van der Waals surface area (Å²) < 4.78 is 27.5. The number of hydrogen-bond acceptors (Lipinski definition) is 4. The molecule has 0 radical (unpaired) electrons. The van der Waals surface area contributed by atoms with E-state index >= 15 is 0 Å². The Morgan fingerprint density at radius 2 is 1.48 bits per heavy atom. The molecule has 0 aliphatic heterocycles. The molecule has 0 atom stereocenters. The first-order valence-electron chi connectivity index (χ1n) is 8.33. The molecule has 0 aromatic heterocycles. The monoisotopic (exact) mass is 389 g/mol. The van der Waals surface area contributed by atoms with Crippen LogP contribution in [0.4, 0.5) is 11.4 Å². The second kappa shape index (κ2) is 8.32. The van der Waals surface area contributed by atoms with Crippen molar-refractivity contribution in [2.45, 2.75) is 32.6 Å². The molecule has 144 valence electrons. The van der Waals surface area contributed by atoms with Crippen LogP contribution in [0.3, 0.4) is 0 Å². The largest absolute Gasteiger partial charge is 0.326 e. The van der Waals surface area contributed by atoms with Gasteiger partial charge in [-0.15, -0.1) is 0 Å². The molecule has 3 N–H and O–H groups in total. The summed E-state index contributed by atoms with van der Waals surface area (Å²) in [6.45, 7) is 6.32. The zero-order valence-electron chi connectivity index (χ0n) is 15.7. The van der Waals surface area contributed by atoms with E-state index in [9.17, 15) is 18.0 Å². The van der Waals surface area contributed by atoms with E-state index in [1.807, 2.05) is 6.92 Å². The van der Waals surface area contributed by atoms with Crippen LogP contribution >= 0.6 is 0 Å². The maximum Gasteiger partial charge on any atom is 0.241 e. The van der Waals surface area contributed by atoms with E-state index in [0.29, 0.717) is 22.5 Å². The number of sulfonamides is 1. The quantitative estimate of drug-likeness (QED) is 0.706. The normalized spacial score (nSPS) is 11.1. The summed E-state index contributed by atoms with van der Waals surface area (Å²) in [7, 11) is -3.82. The molecule has 0 aliphatic rings. The van der Waals surface area contributed by atoms with Crippen molar-refractivity contribution in [3.8, 4) is 0 Å². The highest BCUT2D eigenvalue weighted by molar-refractivity contribution is 7.89. The van der Waals surface area contributed by atoms with E-state index in [4.69, 9.17) is 0 Å². The standard InChI is InChI=1S/C19H23N3O4S/c1-12-8-13(2)19(14(3)9-12)27(25,26)20-11-18(24)22-17-7-5-6-16(10-17)21-15(4)23/h5-10,20H,11H2,1-4H3,(H,21,23)(H,22,24). The molecule has 8 heteroatoms. The van der Waals surface area contributed by atoms with Crippen molar-refractivity contribution >= 4 is 33.2 Å². The number of aryl methyl sites for hydroxylation is 3. The van der Waals surface area contributed by atoms with Gasteiger partial charge in [0.25, 0.3) is 0 Å². The number of anilines is 2. The lowest BCUT2D eigenvalue weighted by atomic mass is 10.1. The zero-order valence-corrected chi connectivity index (χ0v) is 16.5. The third kappa shape index (κ3) is 5.63. The maximum absolute atomic E-state index is 12.6. The molecule has 0 fully saturated rings. The Balaban J connectivity index is 2.06. The van der Waals surface area contributed by atoms with Crippen LogP contribution in [0.2, 0.25) is 0 Å². The highest BCUT2D eigenvalue weighted by Gasteiger charge is 2.20. The van der Waals surface area contributed by atoms with Crippen molar-refractivity contribution in [1.82, 2.24) is 4.72 Å². The second-order valence-electron chi connectivity index (χ2n) is 6.36. The first-order chi connectivity index (χ1) is 12.6. The van der Waals surface area contributed by atoms with Gasteiger partial charge in [-0.2, -0.15) is 0 Å². The van der Waals surface area contributed by atoms with Gasteiger partial charge in [0.15, 0.2) is 0 Å². The molecule has 0 saturated carbocycles. The van der Waals surface area contributed by atoms with E-state index < -0.39 is 22.5 Å². The van der Waals surface area contributed by atoms with Crippen LogP contribution < -0.4 is 15.4 Å². The molecule has 0 unspecified atom stereocenters. The number of benzene rings is 2. The molecular weight excluding hydrogens is 366 g/mol. The summed E-state index contributed by atoms with van der Waals surface area (Å²) in [5.74, 6) is -0.740. The van der Waals surface area contributed by atoms with Gasteiger partial charge in [0.1, 0.15) is 0 Å². The van der Waals surface area contributed by atoms with Crippen LogP contribution in [0, 0.1) is 20.8 Å². The smallest absolute Gasteiger partial charge is 0.241 e. The molecule has 2 rings (SSSR count). The molecule has 0 spiro atoms. The SMILES string of the molecule is CC(=O)Nc1cccc(NC(=O)CNS(=O)(=O)c2c(C)cc(C)cc2C)c1. The fourth-order valence-corrected chi connectivity index (χ4v) is 4.34.